The normalized spacial score (nSPS) is 20.1. The second-order valence-corrected chi connectivity index (χ2v) is 7.79. The van der Waals surface area contributed by atoms with E-state index in [0.717, 1.165) is 12.7 Å². The monoisotopic (exact) mass is 222 g/mol. The van der Waals surface area contributed by atoms with Crippen molar-refractivity contribution in [3.63, 3.8) is 0 Å². The lowest BCUT2D eigenvalue weighted by Gasteiger charge is -2.32. The quantitative estimate of drug-likeness (QED) is 0.385. The summed E-state index contributed by atoms with van der Waals surface area (Å²) in [6.45, 7) is 2.21. The lowest BCUT2D eigenvalue weighted by molar-refractivity contribution is -0.108. The van der Waals surface area contributed by atoms with E-state index < -0.39 is 0 Å². The van der Waals surface area contributed by atoms with Crippen LogP contribution in [0.15, 0.2) is 0 Å². The predicted octanol–water partition coefficient (Wildman–Crippen LogP) is 3.90. The van der Waals surface area contributed by atoms with Crippen molar-refractivity contribution in [3.8, 4) is 0 Å². The summed E-state index contributed by atoms with van der Waals surface area (Å²) in [4.78, 5) is 10.7. The zero-order valence-corrected chi connectivity index (χ0v) is 9.70. The van der Waals surface area contributed by atoms with Crippen LogP contribution < -0.4 is 0 Å². The summed E-state index contributed by atoms with van der Waals surface area (Å²) in [5.74, 6) is 0. The van der Waals surface area contributed by atoms with E-state index in [1.54, 1.807) is 31.4 Å². The van der Waals surface area contributed by atoms with Crippen LogP contribution in [0.1, 0.15) is 39.0 Å². The fourth-order valence-corrected chi connectivity index (χ4v) is 5.53. The molecule has 0 radical (unpaired) electrons. The van der Waals surface area contributed by atoms with Gasteiger partial charge in [0.25, 0.3) is 0 Å². The third-order valence-corrected chi connectivity index (χ3v) is 7.76. The molecule has 1 aliphatic rings. The molecular formula is C8H14OS3. The van der Waals surface area contributed by atoms with Gasteiger partial charge in [-0.3, -0.25) is 0 Å². The Labute approximate surface area is 85.6 Å². The second-order valence-electron chi connectivity index (χ2n) is 2.98. The van der Waals surface area contributed by atoms with Gasteiger partial charge in [-0.25, -0.2) is 0 Å². The Morgan fingerprint density at radius 2 is 2.00 bits per heavy atom. The van der Waals surface area contributed by atoms with Crippen molar-refractivity contribution >= 4 is 37.7 Å². The van der Waals surface area contributed by atoms with Gasteiger partial charge in [0.1, 0.15) is 10.4 Å². The van der Waals surface area contributed by atoms with Crippen molar-refractivity contribution in [1.29, 1.82) is 0 Å². The van der Waals surface area contributed by atoms with Crippen LogP contribution in [0.5, 0.6) is 0 Å². The summed E-state index contributed by atoms with van der Waals surface area (Å²) in [7, 11) is 5.18. The van der Waals surface area contributed by atoms with Crippen LogP contribution in [-0.4, -0.2) is 10.4 Å². The summed E-state index contributed by atoms with van der Waals surface area (Å²) >= 11 is 0. The highest BCUT2D eigenvalue weighted by Gasteiger charge is 2.39. The molecule has 0 atom stereocenters. The van der Waals surface area contributed by atoms with Crippen molar-refractivity contribution in [2.24, 2.45) is 0 Å². The molecule has 0 aromatic heterocycles. The first-order valence-electron chi connectivity index (χ1n) is 4.33. The molecular weight excluding hydrogens is 208 g/mol. The molecule has 4 heteroatoms. The average molecular weight is 222 g/mol. The zero-order valence-electron chi connectivity index (χ0n) is 7.25. The minimum atomic E-state index is -0.0710. The Bertz CT molecular complexity index is 145. The molecule has 1 fully saturated rings. The molecule has 0 unspecified atom stereocenters. The van der Waals surface area contributed by atoms with Crippen LogP contribution in [-0.2, 0) is 4.79 Å². The van der Waals surface area contributed by atoms with Gasteiger partial charge in [0.15, 0.2) is 0 Å². The number of carbonyl (C=O) groups is 1. The number of rotatable bonds is 6. The molecule has 0 spiro atoms. The van der Waals surface area contributed by atoms with Crippen LogP contribution in [0.4, 0.5) is 0 Å². The first kappa shape index (κ1) is 10.8. The van der Waals surface area contributed by atoms with Gasteiger partial charge < -0.3 is 4.79 Å². The fourth-order valence-electron chi connectivity index (χ4n) is 1.10. The van der Waals surface area contributed by atoms with Crippen molar-refractivity contribution in [2.45, 2.75) is 43.1 Å². The number of hydrogen-bond acceptors (Lipinski definition) is 4. The lowest BCUT2D eigenvalue weighted by atomic mass is 10.1. The summed E-state index contributed by atoms with van der Waals surface area (Å²) < 4.78 is -0.0710. The van der Waals surface area contributed by atoms with E-state index in [1.807, 2.05) is 0 Å². The van der Waals surface area contributed by atoms with Crippen LogP contribution in [0, 0.1) is 0 Å². The van der Waals surface area contributed by atoms with Crippen LogP contribution in [0.3, 0.4) is 0 Å². The fraction of sp³-hybridized carbons (Fsp3) is 0.875. The Balaban J connectivity index is 2.08. The number of unbranched alkanes of at least 4 members (excludes halogenated alkanes) is 3. The van der Waals surface area contributed by atoms with Gasteiger partial charge in [-0.2, -0.15) is 0 Å². The molecule has 1 heterocycles. The Hall–Kier alpha value is 0.720. The van der Waals surface area contributed by atoms with Crippen molar-refractivity contribution in [3.05, 3.63) is 0 Å². The summed E-state index contributed by atoms with van der Waals surface area (Å²) in [5.41, 5.74) is 0. The molecule has 1 nitrogen and oxygen atoms in total. The number of carbonyl (C=O) groups excluding carboxylic acids is 1. The van der Waals surface area contributed by atoms with E-state index in [9.17, 15) is 4.79 Å². The molecule has 1 saturated heterocycles. The maximum absolute atomic E-state index is 10.7. The van der Waals surface area contributed by atoms with Gasteiger partial charge in [0.05, 0.1) is 0 Å². The Morgan fingerprint density at radius 1 is 1.25 bits per heavy atom. The van der Waals surface area contributed by atoms with E-state index in [1.165, 1.54) is 25.7 Å². The maximum Gasteiger partial charge on any atom is 0.147 e. The first-order chi connectivity index (χ1) is 5.83. The summed E-state index contributed by atoms with van der Waals surface area (Å²) in [6.07, 6.45) is 7.22. The van der Waals surface area contributed by atoms with Crippen molar-refractivity contribution < 1.29 is 4.79 Å². The average Bonchev–Trinajstić information content (AvgIpc) is 2.02. The van der Waals surface area contributed by atoms with E-state index in [2.05, 4.69) is 6.92 Å². The summed E-state index contributed by atoms with van der Waals surface area (Å²) in [6, 6.07) is 0. The molecule has 0 N–H and O–H groups in total. The van der Waals surface area contributed by atoms with Crippen LogP contribution >= 0.6 is 31.4 Å². The molecule has 12 heavy (non-hydrogen) atoms. The van der Waals surface area contributed by atoms with Gasteiger partial charge in [0.2, 0.25) is 0 Å². The molecule has 70 valence electrons. The third-order valence-electron chi connectivity index (χ3n) is 1.91. The van der Waals surface area contributed by atoms with Gasteiger partial charge in [-0.1, -0.05) is 54.2 Å². The molecule has 1 rings (SSSR count). The number of hydrogen-bond donors (Lipinski definition) is 0. The Kier molecular flexibility index (Phi) is 4.90. The van der Waals surface area contributed by atoms with E-state index in [0.29, 0.717) is 0 Å². The molecule has 0 aliphatic carbocycles. The Morgan fingerprint density at radius 3 is 2.42 bits per heavy atom. The van der Waals surface area contributed by atoms with Gasteiger partial charge in [0, 0.05) is 0 Å². The first-order valence-corrected chi connectivity index (χ1v) is 7.81. The third kappa shape index (κ3) is 2.89. The van der Waals surface area contributed by atoms with Crippen LogP contribution in [0.2, 0.25) is 0 Å². The van der Waals surface area contributed by atoms with E-state index in [4.69, 9.17) is 0 Å². The molecule has 0 aromatic rings. The lowest BCUT2D eigenvalue weighted by Crippen LogP contribution is -2.24. The van der Waals surface area contributed by atoms with Crippen LogP contribution in [0.25, 0.3) is 0 Å². The highest BCUT2D eigenvalue weighted by Crippen LogP contribution is 2.65. The molecule has 1 aliphatic heterocycles. The standard InChI is InChI=1S/C8H14OS3/c1-2-3-4-5-6-8(7-9)10-12-11-8/h7H,2-6H2,1H3. The highest BCUT2D eigenvalue weighted by molar-refractivity contribution is 9.18. The molecule has 0 amide bonds. The zero-order chi connectivity index (χ0) is 8.86. The topological polar surface area (TPSA) is 17.1 Å². The molecule has 0 aromatic carbocycles. The predicted molar refractivity (Wildman–Crippen MR) is 60.3 cm³/mol. The van der Waals surface area contributed by atoms with Gasteiger partial charge in [-0.15, -0.1) is 0 Å². The minimum Gasteiger partial charge on any atom is -0.301 e. The summed E-state index contributed by atoms with van der Waals surface area (Å²) in [5, 5.41) is 0. The minimum absolute atomic E-state index is 0.0710. The highest BCUT2D eigenvalue weighted by atomic mass is 33.5. The van der Waals surface area contributed by atoms with Crippen molar-refractivity contribution in [2.75, 3.05) is 0 Å². The van der Waals surface area contributed by atoms with E-state index in [-0.39, 0.29) is 4.08 Å². The smallest absolute Gasteiger partial charge is 0.147 e. The second kappa shape index (κ2) is 5.45. The SMILES string of the molecule is CCCCCCC1(C=O)SSS1. The molecule has 0 saturated carbocycles. The largest absolute Gasteiger partial charge is 0.301 e. The van der Waals surface area contributed by atoms with Gasteiger partial charge in [-0.05, 0) is 16.2 Å². The van der Waals surface area contributed by atoms with Crippen molar-refractivity contribution in [1.82, 2.24) is 0 Å². The maximum atomic E-state index is 10.7. The van der Waals surface area contributed by atoms with Gasteiger partial charge >= 0.3 is 0 Å². The molecule has 0 bridgehead atoms. The van der Waals surface area contributed by atoms with E-state index >= 15 is 0 Å². The number of aldehydes is 1.